The monoisotopic (exact) mass is 354 g/mol. The zero-order chi connectivity index (χ0) is 18.8. The number of hydrogen-bond acceptors (Lipinski definition) is 5. The van der Waals surface area contributed by atoms with Crippen LogP contribution in [0.2, 0.25) is 0 Å². The van der Waals surface area contributed by atoms with Crippen molar-refractivity contribution in [1.29, 1.82) is 0 Å². The number of anilines is 2. The topological polar surface area (TPSA) is 124 Å². The molecule has 3 N–H and O–H groups in total. The number of benzene rings is 2. The molecule has 0 saturated carbocycles. The zero-order valence-electron chi connectivity index (χ0n) is 13.4. The van der Waals surface area contributed by atoms with Gasteiger partial charge in [0.2, 0.25) is 11.8 Å². The van der Waals surface area contributed by atoms with E-state index in [0.29, 0.717) is 5.69 Å². The third-order valence-corrected chi connectivity index (χ3v) is 3.93. The van der Waals surface area contributed by atoms with Crippen LogP contribution in [0, 0.1) is 0 Å². The van der Waals surface area contributed by atoms with Crippen LogP contribution in [0.15, 0.2) is 42.5 Å². The quantitative estimate of drug-likeness (QED) is 0.722. The highest BCUT2D eigenvalue weighted by molar-refractivity contribution is 6.20. The maximum Gasteiger partial charge on any atom is 0.339 e. The van der Waals surface area contributed by atoms with Crippen LogP contribution >= 0.6 is 0 Å². The van der Waals surface area contributed by atoms with E-state index < -0.39 is 17.6 Å². The van der Waals surface area contributed by atoms with Crippen LogP contribution in [0.1, 0.15) is 33.6 Å². The van der Waals surface area contributed by atoms with Crippen LogP contribution in [0.25, 0.3) is 0 Å². The largest absolute Gasteiger partial charge is 0.507 e. The van der Waals surface area contributed by atoms with Crippen LogP contribution in [0.4, 0.5) is 11.4 Å². The molecule has 0 aromatic heterocycles. The van der Waals surface area contributed by atoms with Gasteiger partial charge in [0.1, 0.15) is 11.3 Å². The van der Waals surface area contributed by atoms with E-state index >= 15 is 0 Å². The fourth-order valence-electron chi connectivity index (χ4n) is 2.62. The maximum atomic E-state index is 12.2. The van der Waals surface area contributed by atoms with E-state index in [4.69, 9.17) is 5.11 Å². The second-order valence-corrected chi connectivity index (χ2v) is 5.66. The van der Waals surface area contributed by atoms with Gasteiger partial charge in [0.25, 0.3) is 5.91 Å². The Bertz CT molecular complexity index is 904. The number of rotatable bonds is 4. The number of carboxylic acids is 1. The number of amides is 3. The molecule has 1 heterocycles. The van der Waals surface area contributed by atoms with Crippen molar-refractivity contribution in [3.8, 4) is 5.75 Å². The molecule has 8 heteroatoms. The highest BCUT2D eigenvalue weighted by atomic mass is 16.4. The first-order valence-corrected chi connectivity index (χ1v) is 7.70. The summed E-state index contributed by atoms with van der Waals surface area (Å²) < 4.78 is 0. The van der Waals surface area contributed by atoms with Crippen molar-refractivity contribution in [2.45, 2.75) is 12.8 Å². The predicted octanol–water partition coefficient (Wildman–Crippen LogP) is 2.00. The molecule has 8 nitrogen and oxygen atoms in total. The molecule has 1 saturated heterocycles. The van der Waals surface area contributed by atoms with Crippen molar-refractivity contribution < 1.29 is 29.4 Å². The summed E-state index contributed by atoms with van der Waals surface area (Å²) in [7, 11) is 0. The summed E-state index contributed by atoms with van der Waals surface area (Å²) in [4.78, 5) is 47.6. The zero-order valence-corrected chi connectivity index (χ0v) is 13.4. The fraction of sp³-hybridized carbons (Fsp3) is 0.111. The first-order valence-electron chi connectivity index (χ1n) is 7.70. The van der Waals surface area contributed by atoms with Gasteiger partial charge < -0.3 is 15.5 Å². The lowest BCUT2D eigenvalue weighted by atomic mass is 10.1. The van der Waals surface area contributed by atoms with E-state index in [1.807, 2.05) is 0 Å². The molecule has 0 unspecified atom stereocenters. The number of phenols is 1. The van der Waals surface area contributed by atoms with Gasteiger partial charge in [-0.25, -0.2) is 4.79 Å². The number of nitrogens with one attached hydrogen (secondary N) is 1. The molecule has 0 spiro atoms. The summed E-state index contributed by atoms with van der Waals surface area (Å²) >= 11 is 0. The van der Waals surface area contributed by atoms with Gasteiger partial charge in [0.05, 0.1) is 5.69 Å². The molecule has 1 aliphatic rings. The van der Waals surface area contributed by atoms with Crippen LogP contribution < -0.4 is 10.2 Å². The number of aromatic carboxylic acids is 1. The highest BCUT2D eigenvalue weighted by Gasteiger charge is 2.30. The Morgan fingerprint density at radius 1 is 0.962 bits per heavy atom. The minimum atomic E-state index is -1.28. The molecule has 0 radical (unpaired) electrons. The third-order valence-electron chi connectivity index (χ3n) is 3.93. The fourth-order valence-corrected chi connectivity index (χ4v) is 2.62. The Morgan fingerprint density at radius 2 is 1.58 bits per heavy atom. The predicted molar refractivity (Wildman–Crippen MR) is 91.2 cm³/mol. The highest BCUT2D eigenvalue weighted by Crippen LogP contribution is 2.24. The van der Waals surface area contributed by atoms with E-state index in [1.54, 1.807) is 0 Å². The van der Waals surface area contributed by atoms with Crippen LogP contribution in [-0.4, -0.2) is 33.9 Å². The molecule has 0 bridgehead atoms. The van der Waals surface area contributed by atoms with Crippen molar-refractivity contribution in [3.63, 3.8) is 0 Å². The molecule has 1 fully saturated rings. The number of hydrogen-bond donors (Lipinski definition) is 3. The molecule has 1 aliphatic heterocycles. The Labute approximate surface area is 147 Å². The molecule has 2 aromatic carbocycles. The van der Waals surface area contributed by atoms with Crippen LogP contribution in [-0.2, 0) is 9.59 Å². The number of carboxylic acid groups (broad SMARTS) is 1. The molecule has 3 amide bonds. The number of carbonyl (C=O) groups excluding carboxylic acids is 3. The van der Waals surface area contributed by atoms with Gasteiger partial charge in [0.15, 0.2) is 0 Å². The van der Waals surface area contributed by atoms with Crippen molar-refractivity contribution in [2.24, 2.45) is 0 Å². The molecule has 26 heavy (non-hydrogen) atoms. The SMILES string of the molecule is O=C(Nc1ccc(C(=O)O)c(O)c1)c1ccc(N2C(=O)CCC2=O)cc1. The summed E-state index contributed by atoms with van der Waals surface area (Å²) in [5, 5.41) is 21.1. The molecule has 0 atom stereocenters. The summed E-state index contributed by atoms with van der Waals surface area (Å²) in [6.45, 7) is 0. The van der Waals surface area contributed by atoms with E-state index in [1.165, 1.54) is 36.4 Å². The second-order valence-electron chi connectivity index (χ2n) is 5.66. The van der Waals surface area contributed by atoms with E-state index in [-0.39, 0.29) is 41.5 Å². The molecule has 0 aliphatic carbocycles. The first kappa shape index (κ1) is 17.2. The summed E-state index contributed by atoms with van der Waals surface area (Å²) in [5.74, 6) is -2.78. The van der Waals surface area contributed by atoms with Gasteiger partial charge in [-0.15, -0.1) is 0 Å². The number of nitrogens with zero attached hydrogens (tertiary/aromatic N) is 1. The smallest absolute Gasteiger partial charge is 0.339 e. The van der Waals surface area contributed by atoms with Crippen molar-refractivity contribution >= 4 is 35.1 Å². The van der Waals surface area contributed by atoms with E-state index in [9.17, 15) is 24.3 Å². The van der Waals surface area contributed by atoms with E-state index in [0.717, 1.165) is 11.0 Å². The molecule has 3 rings (SSSR count). The maximum absolute atomic E-state index is 12.2. The first-order chi connectivity index (χ1) is 12.4. The van der Waals surface area contributed by atoms with Crippen molar-refractivity contribution in [3.05, 3.63) is 53.6 Å². The second kappa shape index (κ2) is 6.67. The standard InChI is InChI=1S/C18H14N2O6/c21-14-9-11(3-6-13(14)18(25)26)19-17(24)10-1-4-12(5-2-10)20-15(22)7-8-16(20)23/h1-6,9,21H,7-8H2,(H,19,24)(H,25,26). The number of imide groups is 1. The molecule has 2 aromatic rings. The lowest BCUT2D eigenvalue weighted by Crippen LogP contribution is -2.28. The lowest BCUT2D eigenvalue weighted by molar-refractivity contribution is -0.121. The van der Waals surface area contributed by atoms with Gasteiger partial charge in [-0.2, -0.15) is 0 Å². The minimum absolute atomic E-state index is 0.177. The van der Waals surface area contributed by atoms with Crippen LogP contribution in [0.5, 0.6) is 5.75 Å². The number of carbonyl (C=O) groups is 4. The van der Waals surface area contributed by atoms with Gasteiger partial charge >= 0.3 is 5.97 Å². The molecular weight excluding hydrogens is 340 g/mol. The minimum Gasteiger partial charge on any atom is -0.507 e. The van der Waals surface area contributed by atoms with Gasteiger partial charge in [0, 0.05) is 30.2 Å². The average molecular weight is 354 g/mol. The Balaban J connectivity index is 1.74. The van der Waals surface area contributed by atoms with Gasteiger partial charge in [-0.3, -0.25) is 19.3 Å². The third kappa shape index (κ3) is 3.25. The van der Waals surface area contributed by atoms with Gasteiger partial charge in [-0.1, -0.05) is 0 Å². The van der Waals surface area contributed by atoms with E-state index in [2.05, 4.69) is 5.32 Å². The molecular formula is C18H14N2O6. The summed E-state index contributed by atoms with van der Waals surface area (Å²) in [6, 6.07) is 9.61. The average Bonchev–Trinajstić information content (AvgIpc) is 2.93. The van der Waals surface area contributed by atoms with Crippen molar-refractivity contribution in [1.82, 2.24) is 0 Å². The number of aromatic hydroxyl groups is 1. The summed E-state index contributed by atoms with van der Waals surface area (Å²) in [6.07, 6.45) is 0.355. The van der Waals surface area contributed by atoms with Gasteiger partial charge in [-0.05, 0) is 36.4 Å². The summed E-state index contributed by atoms with van der Waals surface area (Å²) in [5.41, 5.74) is 0.630. The Kier molecular flexibility index (Phi) is 4.40. The Morgan fingerprint density at radius 3 is 2.12 bits per heavy atom. The normalized spacial score (nSPS) is 13.8. The van der Waals surface area contributed by atoms with Crippen LogP contribution in [0.3, 0.4) is 0 Å². The van der Waals surface area contributed by atoms with Crippen molar-refractivity contribution in [2.75, 3.05) is 10.2 Å². The Hall–Kier alpha value is -3.68. The molecule has 132 valence electrons. The lowest BCUT2D eigenvalue weighted by Gasteiger charge is -2.14.